The first-order valence-corrected chi connectivity index (χ1v) is 7.44. The number of ether oxygens (including phenoxy) is 1. The molecule has 0 radical (unpaired) electrons. The summed E-state index contributed by atoms with van der Waals surface area (Å²) in [5.74, 6) is 0.719. The Morgan fingerprint density at radius 2 is 2.05 bits per heavy atom. The molecule has 0 aliphatic heterocycles. The molecule has 2 rings (SSSR count). The molecule has 118 valence electrons. The van der Waals surface area contributed by atoms with Crippen molar-refractivity contribution in [3.63, 3.8) is 0 Å². The second-order valence-electron chi connectivity index (χ2n) is 4.97. The Bertz CT molecular complexity index is 667. The van der Waals surface area contributed by atoms with Crippen molar-refractivity contribution >= 4 is 24.3 Å². The molecule has 1 heterocycles. The van der Waals surface area contributed by atoms with Crippen molar-refractivity contribution in [3.05, 3.63) is 30.1 Å². The van der Waals surface area contributed by atoms with Crippen LogP contribution in [-0.2, 0) is 29.2 Å². The Morgan fingerprint density at radius 3 is 2.55 bits per heavy atom. The molecule has 0 saturated heterocycles. The van der Waals surface area contributed by atoms with E-state index in [4.69, 9.17) is 17.4 Å². The smallest absolute Gasteiger partial charge is 0.325 e. The lowest BCUT2D eigenvalue weighted by Crippen LogP contribution is -2.35. The number of likely N-dealkylation sites (N-methyl/N-ethyl adjacent to an activating group) is 1. The van der Waals surface area contributed by atoms with E-state index in [-0.39, 0.29) is 12.5 Å². The van der Waals surface area contributed by atoms with Gasteiger partial charge in [-0.3, -0.25) is 4.79 Å². The monoisotopic (exact) mass is 320 g/mol. The van der Waals surface area contributed by atoms with E-state index in [1.165, 1.54) is 0 Å². The zero-order chi connectivity index (χ0) is 16.3. The van der Waals surface area contributed by atoms with Gasteiger partial charge < -0.3 is 22.3 Å². The Morgan fingerprint density at radius 1 is 1.41 bits per heavy atom. The first-order chi connectivity index (χ1) is 10.4. The molecule has 6 nitrogen and oxygen atoms in total. The summed E-state index contributed by atoms with van der Waals surface area (Å²) in [5.41, 5.74) is 1.88. The average Bonchev–Trinajstić information content (AvgIpc) is 2.72. The summed E-state index contributed by atoms with van der Waals surface area (Å²) in [7, 11) is 3.72. The molecule has 0 atom stereocenters. The Balaban J connectivity index is 2.18. The van der Waals surface area contributed by atoms with Crippen molar-refractivity contribution in [2.24, 2.45) is 7.05 Å². The van der Waals surface area contributed by atoms with E-state index in [2.05, 4.69) is 5.10 Å². The number of nitrogens with zero attached hydrogens (tertiary/aromatic N) is 4. The number of rotatable bonds is 5. The number of carbonyl (C=O) groups excluding carboxylic acids is 1. The number of anilines is 1. The van der Waals surface area contributed by atoms with Crippen molar-refractivity contribution in [1.29, 1.82) is 0 Å². The molecular formula is C15H20N4O2S. The van der Waals surface area contributed by atoms with Crippen molar-refractivity contribution in [3.8, 4) is 5.69 Å². The number of benzene rings is 1. The normalized spacial score (nSPS) is 10.5. The van der Waals surface area contributed by atoms with Crippen molar-refractivity contribution in [2.45, 2.75) is 19.0 Å². The highest BCUT2D eigenvalue weighted by Crippen LogP contribution is 2.14. The molecule has 0 bridgehead atoms. The van der Waals surface area contributed by atoms with Crippen LogP contribution in [0.4, 0.5) is 5.69 Å². The van der Waals surface area contributed by atoms with Crippen LogP contribution in [0.3, 0.4) is 0 Å². The van der Waals surface area contributed by atoms with Crippen molar-refractivity contribution in [2.75, 3.05) is 25.1 Å². The molecule has 22 heavy (non-hydrogen) atoms. The highest BCUT2D eigenvalue weighted by Gasteiger charge is 2.15. The van der Waals surface area contributed by atoms with Gasteiger partial charge in [0.1, 0.15) is 12.2 Å². The summed E-state index contributed by atoms with van der Waals surface area (Å²) in [6, 6.07) is 7.81. The van der Waals surface area contributed by atoms with Gasteiger partial charge in [0.05, 0.1) is 13.7 Å². The van der Waals surface area contributed by atoms with Crippen LogP contribution >= 0.6 is 0 Å². The van der Waals surface area contributed by atoms with Crippen LogP contribution in [0.25, 0.3) is 5.69 Å². The summed E-state index contributed by atoms with van der Waals surface area (Å²) in [6.07, 6.45) is 0. The zero-order valence-corrected chi connectivity index (χ0v) is 14.1. The highest BCUT2D eigenvalue weighted by atomic mass is 32.1. The molecule has 0 aliphatic rings. The first kappa shape index (κ1) is 16.2. The van der Waals surface area contributed by atoms with Crippen LogP contribution in [0.5, 0.6) is 0 Å². The van der Waals surface area contributed by atoms with E-state index < -0.39 is 0 Å². The third-order valence-electron chi connectivity index (χ3n) is 3.44. The predicted molar refractivity (Wildman–Crippen MR) is 85.0 cm³/mol. The minimum Gasteiger partial charge on any atom is -0.702 e. The van der Waals surface area contributed by atoms with Gasteiger partial charge in [-0.05, 0) is 31.2 Å². The maximum absolute atomic E-state index is 11.5. The Kier molecular flexibility index (Phi) is 4.97. The van der Waals surface area contributed by atoms with E-state index in [0.717, 1.165) is 17.2 Å². The lowest BCUT2D eigenvalue weighted by Gasteiger charge is -2.18. The molecule has 0 fully saturated rings. The maximum atomic E-state index is 11.5. The topological polar surface area (TPSA) is 51.2 Å². The average molecular weight is 320 g/mol. The van der Waals surface area contributed by atoms with Gasteiger partial charge in [0.25, 0.3) is 0 Å². The molecule has 0 spiro atoms. The summed E-state index contributed by atoms with van der Waals surface area (Å²) in [4.78, 5) is 13.4. The van der Waals surface area contributed by atoms with Crippen molar-refractivity contribution in [1.82, 2.24) is 9.78 Å². The van der Waals surface area contributed by atoms with E-state index in [1.807, 2.05) is 54.8 Å². The van der Waals surface area contributed by atoms with Gasteiger partial charge in [-0.1, -0.05) is 0 Å². The van der Waals surface area contributed by atoms with Gasteiger partial charge in [-0.15, -0.1) is 4.68 Å². The molecule has 0 unspecified atom stereocenters. The molecule has 1 aromatic carbocycles. The Hall–Kier alpha value is -2.15. The SMILES string of the molecule is CCOC(=O)CN(C)c1ccc(-[n+]2c([S-])nn(C)c2C)cc1. The zero-order valence-electron chi connectivity index (χ0n) is 13.2. The molecule has 0 N–H and O–H groups in total. The van der Waals surface area contributed by atoms with Gasteiger partial charge in [0.2, 0.25) is 5.82 Å². The second kappa shape index (κ2) is 6.74. The third-order valence-corrected chi connectivity index (χ3v) is 3.70. The molecule has 7 heteroatoms. The molecule has 0 saturated carbocycles. The lowest BCUT2D eigenvalue weighted by atomic mass is 10.2. The van der Waals surface area contributed by atoms with Crippen LogP contribution in [0, 0.1) is 6.92 Å². The van der Waals surface area contributed by atoms with Crippen LogP contribution < -0.4 is 9.47 Å². The molecule has 0 aliphatic carbocycles. The number of aromatic nitrogens is 3. The van der Waals surface area contributed by atoms with Gasteiger partial charge >= 0.3 is 5.97 Å². The standard InChI is InChI=1S/C15H20N4O2S/c1-5-21-14(20)10-17(3)12-6-8-13(9-7-12)19-11(2)18(4)16-15(19)22/h6-9H,5,10H2,1-4H3. The molecule has 2 aromatic rings. The number of hydrogen-bond donors (Lipinski definition) is 0. The highest BCUT2D eigenvalue weighted by molar-refractivity contribution is 7.58. The third kappa shape index (κ3) is 3.36. The predicted octanol–water partition coefficient (Wildman–Crippen LogP) is 0.910. The minimum atomic E-state index is -0.237. The van der Waals surface area contributed by atoms with Crippen LogP contribution in [0.2, 0.25) is 0 Å². The summed E-state index contributed by atoms with van der Waals surface area (Å²) >= 11 is 5.27. The molecule has 0 amide bonds. The Labute approximate surface area is 135 Å². The van der Waals surface area contributed by atoms with Crippen molar-refractivity contribution < 1.29 is 14.1 Å². The van der Waals surface area contributed by atoms with Gasteiger partial charge in [-0.2, -0.15) is 0 Å². The number of hydrogen-bond acceptors (Lipinski definition) is 5. The summed E-state index contributed by atoms with van der Waals surface area (Å²) in [5, 5.41) is 4.75. The van der Waals surface area contributed by atoms with E-state index >= 15 is 0 Å². The van der Waals surface area contributed by atoms with Crippen LogP contribution in [0.15, 0.2) is 29.4 Å². The largest absolute Gasteiger partial charge is 0.702 e. The minimum absolute atomic E-state index is 0.221. The fourth-order valence-electron chi connectivity index (χ4n) is 2.17. The quantitative estimate of drug-likeness (QED) is 0.466. The van der Waals surface area contributed by atoms with Gasteiger partial charge in [0, 0.05) is 24.8 Å². The lowest BCUT2D eigenvalue weighted by molar-refractivity contribution is -0.643. The fourth-order valence-corrected chi connectivity index (χ4v) is 2.53. The fraction of sp³-hybridized carbons (Fsp3) is 0.400. The second-order valence-corrected chi connectivity index (χ2v) is 5.33. The number of esters is 1. The van der Waals surface area contributed by atoms with Crippen LogP contribution in [0.1, 0.15) is 12.7 Å². The van der Waals surface area contributed by atoms with E-state index in [1.54, 1.807) is 11.6 Å². The van der Waals surface area contributed by atoms with Crippen LogP contribution in [-0.4, -0.2) is 35.9 Å². The molecule has 1 aromatic heterocycles. The maximum Gasteiger partial charge on any atom is 0.325 e. The molecular weight excluding hydrogens is 300 g/mol. The first-order valence-electron chi connectivity index (χ1n) is 7.04. The van der Waals surface area contributed by atoms with Gasteiger partial charge in [-0.25, -0.2) is 4.57 Å². The summed E-state index contributed by atoms with van der Waals surface area (Å²) in [6.45, 7) is 4.37. The number of aryl methyl sites for hydroxylation is 1. The van der Waals surface area contributed by atoms with E-state index in [9.17, 15) is 4.79 Å². The van der Waals surface area contributed by atoms with Gasteiger partial charge in [0.15, 0.2) is 5.16 Å². The summed E-state index contributed by atoms with van der Waals surface area (Å²) < 4.78 is 8.61. The number of carbonyl (C=O) groups is 1. The van der Waals surface area contributed by atoms with E-state index in [0.29, 0.717) is 11.8 Å².